The molecule has 9 nitrogen and oxygen atoms in total. The number of aromatic nitrogens is 1. The number of amides is 3. The molecule has 0 spiro atoms. The van der Waals surface area contributed by atoms with Gasteiger partial charge in [0.25, 0.3) is 17.7 Å². The molecule has 0 bridgehead atoms. The second-order valence-corrected chi connectivity index (χ2v) is 6.16. The van der Waals surface area contributed by atoms with E-state index in [1.807, 2.05) is 0 Å². The lowest BCUT2D eigenvalue weighted by atomic mass is 10.0. The van der Waals surface area contributed by atoms with Gasteiger partial charge in [0.2, 0.25) is 0 Å². The quantitative estimate of drug-likeness (QED) is 0.693. The summed E-state index contributed by atoms with van der Waals surface area (Å²) in [4.78, 5) is 48.0. The number of imide groups is 1. The summed E-state index contributed by atoms with van der Waals surface area (Å²) in [5.74, 6) is -2.96. The van der Waals surface area contributed by atoms with E-state index in [2.05, 4.69) is 10.6 Å². The van der Waals surface area contributed by atoms with Crippen molar-refractivity contribution in [3.05, 3.63) is 48.2 Å². The highest BCUT2D eigenvalue weighted by Gasteiger charge is 2.27. The molecule has 9 heteroatoms. The molecule has 2 rings (SSSR count). The molecular weight excluding hydrogens is 354 g/mol. The molecule has 0 radical (unpaired) electrons. The number of rotatable bonds is 7. The van der Waals surface area contributed by atoms with E-state index >= 15 is 0 Å². The minimum Gasteiger partial charge on any atom is -0.459 e. The van der Waals surface area contributed by atoms with Gasteiger partial charge in [0.15, 0.2) is 12.4 Å². The highest BCUT2D eigenvalue weighted by molar-refractivity contribution is 6.04. The number of carbonyl (C=O) groups is 4. The Morgan fingerprint density at radius 3 is 2.44 bits per heavy atom. The van der Waals surface area contributed by atoms with Crippen LogP contribution in [-0.2, 0) is 21.4 Å². The van der Waals surface area contributed by atoms with E-state index in [0.717, 1.165) is 0 Å². The summed E-state index contributed by atoms with van der Waals surface area (Å²) in [7, 11) is 1.66. The molecule has 2 N–H and O–H groups in total. The minimum absolute atomic E-state index is 0.0550. The first-order valence-corrected chi connectivity index (χ1v) is 8.26. The number of aryl methyl sites for hydroxylation is 1. The molecule has 0 fully saturated rings. The summed E-state index contributed by atoms with van der Waals surface area (Å²) in [6.07, 6.45) is 3.00. The molecule has 1 unspecified atom stereocenters. The third-order valence-electron chi connectivity index (χ3n) is 3.73. The topological polar surface area (TPSA) is 120 Å². The number of nitrogens with zero attached hydrogens (tertiary/aromatic N) is 1. The number of esters is 1. The van der Waals surface area contributed by atoms with Crippen LogP contribution in [0.1, 0.15) is 34.9 Å². The fourth-order valence-corrected chi connectivity index (χ4v) is 2.27. The Balaban J connectivity index is 1.87. The lowest BCUT2D eigenvalue weighted by Gasteiger charge is -2.20. The van der Waals surface area contributed by atoms with Gasteiger partial charge in [-0.1, -0.05) is 13.8 Å². The number of hydrogen-bond acceptors (Lipinski definition) is 6. The smallest absolute Gasteiger partial charge is 0.329 e. The maximum absolute atomic E-state index is 12.2. The van der Waals surface area contributed by atoms with Crippen LogP contribution >= 0.6 is 0 Å². The zero-order chi connectivity index (χ0) is 20.0. The minimum atomic E-state index is -0.973. The van der Waals surface area contributed by atoms with Gasteiger partial charge in [-0.15, -0.1) is 0 Å². The van der Waals surface area contributed by atoms with Gasteiger partial charge >= 0.3 is 5.97 Å². The molecule has 2 heterocycles. The monoisotopic (exact) mass is 375 g/mol. The van der Waals surface area contributed by atoms with Crippen LogP contribution in [0.3, 0.4) is 0 Å². The van der Waals surface area contributed by atoms with Gasteiger partial charge in [-0.2, -0.15) is 0 Å². The van der Waals surface area contributed by atoms with Gasteiger partial charge in [0, 0.05) is 13.2 Å². The van der Waals surface area contributed by atoms with Crippen molar-refractivity contribution >= 4 is 23.7 Å². The predicted molar refractivity (Wildman–Crippen MR) is 93.6 cm³/mol. The summed E-state index contributed by atoms with van der Waals surface area (Å²) in [5, 5.41) is 4.64. The first kappa shape index (κ1) is 20.0. The fourth-order valence-electron chi connectivity index (χ4n) is 2.27. The van der Waals surface area contributed by atoms with Crippen molar-refractivity contribution in [1.29, 1.82) is 0 Å². The van der Waals surface area contributed by atoms with Crippen molar-refractivity contribution in [3.8, 4) is 0 Å². The molecule has 0 aromatic carbocycles. The molecule has 0 aliphatic carbocycles. The van der Waals surface area contributed by atoms with Gasteiger partial charge < -0.3 is 19.0 Å². The van der Waals surface area contributed by atoms with E-state index in [1.165, 1.54) is 12.3 Å². The Kier molecular flexibility index (Phi) is 6.53. The van der Waals surface area contributed by atoms with Crippen LogP contribution in [0.15, 0.2) is 41.1 Å². The number of furan rings is 1. The molecule has 2 aromatic heterocycles. The van der Waals surface area contributed by atoms with Crippen LogP contribution in [0.2, 0.25) is 0 Å². The Labute approximate surface area is 155 Å². The van der Waals surface area contributed by atoms with Crippen molar-refractivity contribution < 1.29 is 28.3 Å². The van der Waals surface area contributed by atoms with Gasteiger partial charge in [-0.05, 0) is 30.2 Å². The second kappa shape index (κ2) is 8.84. The van der Waals surface area contributed by atoms with Gasteiger partial charge in [0.05, 0.1) is 6.26 Å². The van der Waals surface area contributed by atoms with Crippen molar-refractivity contribution in [1.82, 2.24) is 15.2 Å². The zero-order valence-corrected chi connectivity index (χ0v) is 15.2. The molecule has 0 aliphatic heterocycles. The van der Waals surface area contributed by atoms with Crippen LogP contribution in [0.25, 0.3) is 0 Å². The fraction of sp³-hybridized carbons (Fsp3) is 0.333. The molecule has 144 valence electrons. The summed E-state index contributed by atoms with van der Waals surface area (Å²) in [6, 6.07) is 5.24. The summed E-state index contributed by atoms with van der Waals surface area (Å²) in [6.45, 7) is 2.79. The van der Waals surface area contributed by atoms with Crippen LogP contribution in [0.4, 0.5) is 0 Å². The number of carbonyl (C=O) groups excluding carboxylic acids is 4. The molecule has 3 amide bonds. The molecule has 0 saturated heterocycles. The second-order valence-electron chi connectivity index (χ2n) is 6.16. The van der Waals surface area contributed by atoms with Crippen LogP contribution in [0, 0.1) is 5.92 Å². The van der Waals surface area contributed by atoms with Crippen LogP contribution in [-0.4, -0.2) is 40.9 Å². The highest BCUT2D eigenvalue weighted by Crippen LogP contribution is 2.07. The summed E-state index contributed by atoms with van der Waals surface area (Å²) >= 11 is 0. The SMILES string of the molecule is CC(C)C(NC(=O)c1ccco1)C(=O)OCC(=O)NC(=O)c1cccn1C. The third kappa shape index (κ3) is 5.30. The Morgan fingerprint density at radius 2 is 1.89 bits per heavy atom. The zero-order valence-electron chi connectivity index (χ0n) is 15.2. The normalized spacial score (nSPS) is 11.7. The van der Waals surface area contributed by atoms with E-state index in [4.69, 9.17) is 9.15 Å². The molecule has 1 atom stereocenters. The third-order valence-corrected chi connectivity index (χ3v) is 3.73. The maximum Gasteiger partial charge on any atom is 0.329 e. The van der Waals surface area contributed by atoms with E-state index in [1.54, 1.807) is 49.9 Å². The number of hydrogen-bond donors (Lipinski definition) is 2. The van der Waals surface area contributed by atoms with E-state index in [0.29, 0.717) is 5.69 Å². The molecule has 0 saturated carbocycles. The first-order valence-electron chi connectivity index (χ1n) is 8.26. The van der Waals surface area contributed by atoms with E-state index in [9.17, 15) is 19.2 Å². The van der Waals surface area contributed by atoms with Gasteiger partial charge in [-0.25, -0.2) is 4.79 Å². The lowest BCUT2D eigenvalue weighted by Crippen LogP contribution is -2.46. The molecular formula is C18H21N3O6. The Hall–Kier alpha value is -3.36. The summed E-state index contributed by atoms with van der Waals surface area (Å²) < 4.78 is 11.5. The van der Waals surface area contributed by atoms with Crippen molar-refractivity contribution in [2.45, 2.75) is 19.9 Å². The van der Waals surface area contributed by atoms with Gasteiger partial charge in [0.1, 0.15) is 11.7 Å². The first-order chi connectivity index (χ1) is 12.8. The van der Waals surface area contributed by atoms with E-state index < -0.39 is 36.3 Å². The molecule has 2 aromatic rings. The van der Waals surface area contributed by atoms with Crippen LogP contribution < -0.4 is 10.6 Å². The van der Waals surface area contributed by atoms with Crippen LogP contribution in [0.5, 0.6) is 0 Å². The maximum atomic E-state index is 12.2. The number of nitrogens with one attached hydrogen (secondary N) is 2. The van der Waals surface area contributed by atoms with Crippen molar-refractivity contribution in [2.75, 3.05) is 6.61 Å². The predicted octanol–water partition coefficient (Wildman–Crippen LogP) is 0.872. The molecule has 0 aliphatic rings. The summed E-state index contributed by atoms with van der Waals surface area (Å²) in [5.41, 5.74) is 0.292. The van der Waals surface area contributed by atoms with Gasteiger partial charge in [-0.3, -0.25) is 19.7 Å². The standard InChI is InChI=1S/C18H21N3O6/c1-11(2)15(20-17(24)13-7-5-9-26-13)18(25)27-10-14(22)19-16(23)12-6-4-8-21(12)3/h4-9,11,15H,10H2,1-3H3,(H,20,24)(H,19,22,23). The largest absolute Gasteiger partial charge is 0.459 e. The Bertz CT molecular complexity index is 822. The van der Waals surface area contributed by atoms with E-state index in [-0.39, 0.29) is 11.7 Å². The van der Waals surface area contributed by atoms with Crippen molar-refractivity contribution in [3.63, 3.8) is 0 Å². The highest BCUT2D eigenvalue weighted by atomic mass is 16.5. The average Bonchev–Trinajstić information content (AvgIpc) is 3.28. The lowest BCUT2D eigenvalue weighted by molar-refractivity contribution is -0.151. The van der Waals surface area contributed by atoms with Crippen molar-refractivity contribution in [2.24, 2.45) is 13.0 Å². The average molecular weight is 375 g/mol. The molecule has 27 heavy (non-hydrogen) atoms. The number of ether oxygens (including phenoxy) is 1. The Morgan fingerprint density at radius 1 is 1.15 bits per heavy atom.